The van der Waals surface area contributed by atoms with Crippen molar-refractivity contribution in [3.8, 4) is 0 Å². The molecule has 1 heterocycles. The number of hydrogen-bond acceptors (Lipinski definition) is 3. The zero-order valence-electron chi connectivity index (χ0n) is 4.53. The maximum Gasteiger partial charge on any atom is 0.0942 e. The monoisotopic (exact) mass is 129 g/mol. The molecule has 0 fully saturated rings. The van der Waals surface area contributed by atoms with Gasteiger partial charge in [-0.2, -0.15) is 4.37 Å². The highest BCUT2D eigenvalue weighted by atomic mass is 32.1. The normalized spacial score (nSPS) is 13.8. The van der Waals surface area contributed by atoms with Crippen LogP contribution in [0, 0.1) is 0 Å². The molecular weight excluding hydrogens is 122 g/mol. The first-order valence-electron chi connectivity index (χ1n) is 2.39. The maximum atomic E-state index is 8.86. The molecule has 1 aromatic rings. The van der Waals surface area contributed by atoms with Crippen molar-refractivity contribution in [3.05, 3.63) is 17.1 Å². The first kappa shape index (κ1) is 5.72. The lowest BCUT2D eigenvalue weighted by atomic mass is 10.3. The van der Waals surface area contributed by atoms with Crippen molar-refractivity contribution >= 4 is 11.5 Å². The maximum absolute atomic E-state index is 8.86. The fourth-order valence-electron chi connectivity index (χ4n) is 0.437. The molecule has 0 unspecified atom stereocenters. The first-order valence-corrected chi connectivity index (χ1v) is 3.22. The predicted molar refractivity (Wildman–Crippen MR) is 32.7 cm³/mol. The van der Waals surface area contributed by atoms with E-state index in [-0.39, 0.29) is 0 Å². The molecule has 3 heteroatoms. The Balaban J connectivity index is 2.77. The van der Waals surface area contributed by atoms with Gasteiger partial charge < -0.3 is 5.11 Å². The minimum Gasteiger partial charge on any atom is -0.387 e. The van der Waals surface area contributed by atoms with E-state index in [1.807, 2.05) is 11.4 Å². The second kappa shape index (κ2) is 2.24. The molecule has 2 nitrogen and oxygen atoms in total. The highest BCUT2D eigenvalue weighted by molar-refractivity contribution is 7.03. The third kappa shape index (κ3) is 1.05. The van der Waals surface area contributed by atoms with Gasteiger partial charge in [0.2, 0.25) is 0 Å². The van der Waals surface area contributed by atoms with Gasteiger partial charge in [0, 0.05) is 5.38 Å². The van der Waals surface area contributed by atoms with Crippen LogP contribution >= 0.6 is 11.5 Å². The standard InChI is InChI=1S/C5H7NOS/c1-4(7)5-2-3-8-6-5/h2-4,7H,1H3/t4-/m0/s1. The minimum atomic E-state index is -0.416. The second-order valence-corrected chi connectivity index (χ2v) is 2.27. The second-order valence-electron chi connectivity index (χ2n) is 1.60. The molecule has 0 saturated carbocycles. The van der Waals surface area contributed by atoms with Gasteiger partial charge in [0.05, 0.1) is 11.8 Å². The summed E-state index contributed by atoms with van der Waals surface area (Å²) in [5.41, 5.74) is 0.759. The molecule has 1 rings (SSSR count). The van der Waals surface area contributed by atoms with Gasteiger partial charge in [-0.1, -0.05) is 0 Å². The Morgan fingerprint density at radius 3 is 2.88 bits per heavy atom. The number of nitrogens with zero attached hydrogens (tertiary/aromatic N) is 1. The lowest BCUT2D eigenvalue weighted by molar-refractivity contribution is 0.195. The first-order chi connectivity index (χ1) is 3.80. The summed E-state index contributed by atoms with van der Waals surface area (Å²) in [6, 6.07) is 1.81. The van der Waals surface area contributed by atoms with Gasteiger partial charge in [-0.05, 0) is 24.5 Å². The average Bonchev–Trinajstić information content (AvgIpc) is 2.12. The number of hydrogen-bond donors (Lipinski definition) is 1. The van der Waals surface area contributed by atoms with E-state index in [2.05, 4.69) is 4.37 Å². The van der Waals surface area contributed by atoms with Crippen molar-refractivity contribution in [1.29, 1.82) is 0 Å². The quantitative estimate of drug-likeness (QED) is 0.618. The fourth-order valence-corrected chi connectivity index (χ4v) is 1.03. The lowest BCUT2D eigenvalue weighted by Crippen LogP contribution is -1.88. The lowest BCUT2D eigenvalue weighted by Gasteiger charge is -1.93. The van der Waals surface area contributed by atoms with Crippen molar-refractivity contribution in [1.82, 2.24) is 4.37 Å². The SMILES string of the molecule is C[C@H](O)c1ccsn1. The summed E-state index contributed by atoms with van der Waals surface area (Å²) in [6.45, 7) is 1.70. The Bertz CT molecular complexity index is 147. The molecule has 44 valence electrons. The van der Waals surface area contributed by atoms with E-state index >= 15 is 0 Å². The largest absolute Gasteiger partial charge is 0.387 e. The molecular formula is C5H7NOS. The van der Waals surface area contributed by atoms with Gasteiger partial charge >= 0.3 is 0 Å². The number of aliphatic hydroxyl groups is 1. The molecule has 0 aliphatic carbocycles. The summed E-state index contributed by atoms with van der Waals surface area (Å²) in [7, 11) is 0. The number of aliphatic hydroxyl groups excluding tert-OH is 1. The van der Waals surface area contributed by atoms with Crippen LogP contribution in [0.2, 0.25) is 0 Å². The minimum absolute atomic E-state index is 0.416. The van der Waals surface area contributed by atoms with Crippen LogP contribution in [-0.4, -0.2) is 9.48 Å². The van der Waals surface area contributed by atoms with Gasteiger partial charge in [0.25, 0.3) is 0 Å². The molecule has 8 heavy (non-hydrogen) atoms. The van der Waals surface area contributed by atoms with E-state index in [1.165, 1.54) is 11.5 Å². The molecule has 0 amide bonds. The molecule has 1 aromatic heterocycles. The Labute approximate surface area is 52.0 Å². The van der Waals surface area contributed by atoms with Crippen LogP contribution in [0.15, 0.2) is 11.4 Å². The zero-order valence-corrected chi connectivity index (χ0v) is 5.35. The van der Waals surface area contributed by atoms with Crippen LogP contribution in [0.5, 0.6) is 0 Å². The molecule has 0 aromatic carbocycles. The Morgan fingerprint density at radius 1 is 1.88 bits per heavy atom. The van der Waals surface area contributed by atoms with E-state index in [9.17, 15) is 0 Å². The molecule has 1 atom stereocenters. The van der Waals surface area contributed by atoms with Crippen LogP contribution in [0.3, 0.4) is 0 Å². The van der Waals surface area contributed by atoms with Crippen LogP contribution in [0.4, 0.5) is 0 Å². The molecule has 0 saturated heterocycles. The summed E-state index contributed by atoms with van der Waals surface area (Å²) >= 11 is 1.36. The van der Waals surface area contributed by atoms with Crippen molar-refractivity contribution in [2.24, 2.45) is 0 Å². The Morgan fingerprint density at radius 2 is 2.62 bits per heavy atom. The van der Waals surface area contributed by atoms with E-state index in [4.69, 9.17) is 5.11 Å². The number of aromatic nitrogens is 1. The highest BCUT2D eigenvalue weighted by Crippen LogP contribution is 2.09. The summed E-state index contributed by atoms with van der Waals surface area (Å²) in [4.78, 5) is 0. The van der Waals surface area contributed by atoms with Crippen molar-refractivity contribution in [3.63, 3.8) is 0 Å². The van der Waals surface area contributed by atoms with Crippen molar-refractivity contribution in [2.45, 2.75) is 13.0 Å². The molecule has 0 aliphatic rings. The Hall–Kier alpha value is -0.410. The predicted octanol–water partition coefficient (Wildman–Crippen LogP) is 1.20. The third-order valence-electron chi connectivity index (χ3n) is 0.886. The van der Waals surface area contributed by atoms with Gasteiger partial charge in [0.1, 0.15) is 0 Å². The molecule has 0 bridgehead atoms. The van der Waals surface area contributed by atoms with Gasteiger partial charge in [-0.15, -0.1) is 0 Å². The van der Waals surface area contributed by atoms with Gasteiger partial charge in [0.15, 0.2) is 0 Å². The average molecular weight is 129 g/mol. The molecule has 0 aliphatic heterocycles. The fraction of sp³-hybridized carbons (Fsp3) is 0.400. The Kier molecular flexibility index (Phi) is 1.60. The van der Waals surface area contributed by atoms with Gasteiger partial charge in [-0.25, -0.2) is 0 Å². The summed E-state index contributed by atoms with van der Waals surface area (Å²) in [5, 5.41) is 10.7. The molecule has 0 spiro atoms. The molecule has 0 radical (unpaired) electrons. The summed E-state index contributed by atoms with van der Waals surface area (Å²) < 4.78 is 3.91. The zero-order chi connectivity index (χ0) is 5.98. The van der Waals surface area contributed by atoms with Crippen LogP contribution in [0.1, 0.15) is 18.7 Å². The van der Waals surface area contributed by atoms with E-state index in [0.29, 0.717) is 0 Å². The van der Waals surface area contributed by atoms with E-state index in [0.717, 1.165) is 5.69 Å². The van der Waals surface area contributed by atoms with Crippen molar-refractivity contribution in [2.75, 3.05) is 0 Å². The summed E-state index contributed by atoms with van der Waals surface area (Å²) in [6.07, 6.45) is -0.416. The van der Waals surface area contributed by atoms with E-state index < -0.39 is 6.10 Å². The smallest absolute Gasteiger partial charge is 0.0942 e. The highest BCUT2D eigenvalue weighted by Gasteiger charge is 1.99. The van der Waals surface area contributed by atoms with Crippen molar-refractivity contribution < 1.29 is 5.11 Å². The summed E-state index contributed by atoms with van der Waals surface area (Å²) in [5.74, 6) is 0. The number of rotatable bonds is 1. The van der Waals surface area contributed by atoms with E-state index in [1.54, 1.807) is 6.92 Å². The van der Waals surface area contributed by atoms with Crippen LogP contribution < -0.4 is 0 Å². The van der Waals surface area contributed by atoms with Gasteiger partial charge in [-0.3, -0.25) is 0 Å². The van der Waals surface area contributed by atoms with Crippen LogP contribution in [-0.2, 0) is 0 Å². The third-order valence-corrected chi connectivity index (χ3v) is 1.46. The topological polar surface area (TPSA) is 33.1 Å². The van der Waals surface area contributed by atoms with Crippen LogP contribution in [0.25, 0.3) is 0 Å². The molecule has 1 N–H and O–H groups in total.